The summed E-state index contributed by atoms with van der Waals surface area (Å²) in [7, 11) is 0. The molecular weight excluding hydrogens is 234 g/mol. The van der Waals surface area contributed by atoms with Crippen LogP contribution in [-0.4, -0.2) is 26.2 Å². The van der Waals surface area contributed by atoms with Crippen LogP contribution >= 0.6 is 0 Å². The van der Waals surface area contributed by atoms with Gasteiger partial charge in [-0.2, -0.15) is 10.2 Å². The third-order valence-electron chi connectivity index (χ3n) is 2.67. The Labute approximate surface area is 102 Å². The molecule has 2 heterocycles. The molecule has 4 N–H and O–H groups in total. The maximum Gasteiger partial charge on any atom is 0.263 e. The van der Waals surface area contributed by atoms with Crippen LogP contribution < -0.4 is 11.3 Å². The van der Waals surface area contributed by atoms with Crippen LogP contribution in [0.15, 0.2) is 11.0 Å². The topological polar surface area (TPSA) is 121 Å². The standard InChI is InChI=1S/C11H13N5O2/c12-5-7-6-16(3-1-2-4-17)9-8(7)10(18)15-11(13)14-9/h6,17H,1-4H2,(H3,13,14,15,18). The second-order valence-corrected chi connectivity index (χ2v) is 3.93. The molecule has 0 bridgehead atoms. The van der Waals surface area contributed by atoms with E-state index >= 15 is 0 Å². The first kappa shape index (κ1) is 12.1. The molecule has 0 aliphatic heterocycles. The van der Waals surface area contributed by atoms with Crippen LogP contribution in [0.2, 0.25) is 0 Å². The summed E-state index contributed by atoms with van der Waals surface area (Å²) < 4.78 is 1.72. The van der Waals surface area contributed by atoms with Crippen LogP contribution in [0.25, 0.3) is 11.0 Å². The highest BCUT2D eigenvalue weighted by molar-refractivity contribution is 5.83. The van der Waals surface area contributed by atoms with E-state index < -0.39 is 5.56 Å². The number of unbranched alkanes of at least 4 members (excludes halogenated alkanes) is 1. The molecule has 0 fully saturated rings. The van der Waals surface area contributed by atoms with Crippen LogP contribution in [0.3, 0.4) is 0 Å². The van der Waals surface area contributed by atoms with Crippen molar-refractivity contribution in [1.82, 2.24) is 14.5 Å². The van der Waals surface area contributed by atoms with Crippen LogP contribution in [0, 0.1) is 11.3 Å². The predicted molar refractivity (Wildman–Crippen MR) is 65.8 cm³/mol. The molecule has 0 spiro atoms. The molecule has 0 aromatic carbocycles. The number of aliphatic hydroxyl groups excluding tert-OH is 1. The zero-order chi connectivity index (χ0) is 13.1. The minimum atomic E-state index is -0.407. The first-order valence-electron chi connectivity index (χ1n) is 5.57. The van der Waals surface area contributed by atoms with Crippen molar-refractivity contribution in [2.75, 3.05) is 12.3 Å². The van der Waals surface area contributed by atoms with E-state index in [1.54, 1.807) is 10.8 Å². The van der Waals surface area contributed by atoms with Gasteiger partial charge < -0.3 is 15.4 Å². The van der Waals surface area contributed by atoms with E-state index in [-0.39, 0.29) is 23.5 Å². The van der Waals surface area contributed by atoms with Gasteiger partial charge in [0.25, 0.3) is 5.56 Å². The lowest BCUT2D eigenvalue weighted by atomic mass is 10.3. The van der Waals surface area contributed by atoms with Gasteiger partial charge in [-0.15, -0.1) is 0 Å². The highest BCUT2D eigenvalue weighted by Gasteiger charge is 2.13. The van der Waals surface area contributed by atoms with Gasteiger partial charge in [0.15, 0.2) is 5.65 Å². The van der Waals surface area contributed by atoms with Crippen molar-refractivity contribution in [2.45, 2.75) is 19.4 Å². The Bertz CT molecular complexity index is 664. The number of hydrogen-bond acceptors (Lipinski definition) is 5. The average Bonchev–Trinajstić information content (AvgIpc) is 2.68. The van der Waals surface area contributed by atoms with Gasteiger partial charge in [-0.05, 0) is 12.8 Å². The fraction of sp³-hybridized carbons (Fsp3) is 0.364. The molecule has 0 aliphatic rings. The van der Waals surface area contributed by atoms with E-state index in [2.05, 4.69) is 9.97 Å². The lowest BCUT2D eigenvalue weighted by Gasteiger charge is -2.03. The molecule has 0 radical (unpaired) electrons. The van der Waals surface area contributed by atoms with Crippen molar-refractivity contribution >= 4 is 17.0 Å². The van der Waals surface area contributed by atoms with Crippen LogP contribution in [-0.2, 0) is 6.54 Å². The van der Waals surface area contributed by atoms with E-state index in [1.807, 2.05) is 6.07 Å². The Hall–Kier alpha value is -2.33. The zero-order valence-corrected chi connectivity index (χ0v) is 9.68. The SMILES string of the molecule is N#Cc1cn(CCCCO)c2nc(N)[nH]c(=O)c12. The molecule has 0 unspecified atom stereocenters. The summed E-state index contributed by atoms with van der Waals surface area (Å²) in [6.07, 6.45) is 2.98. The molecule has 2 aromatic rings. The molecule has 2 aromatic heterocycles. The van der Waals surface area contributed by atoms with E-state index in [0.29, 0.717) is 18.6 Å². The highest BCUT2D eigenvalue weighted by Crippen LogP contribution is 2.16. The molecular formula is C11H13N5O2. The minimum Gasteiger partial charge on any atom is -0.396 e. The van der Waals surface area contributed by atoms with Crippen molar-refractivity contribution in [3.8, 4) is 6.07 Å². The molecule has 0 aliphatic carbocycles. The molecule has 0 saturated carbocycles. The molecule has 7 heteroatoms. The first-order valence-corrected chi connectivity index (χ1v) is 5.57. The number of aromatic nitrogens is 3. The number of nitrogen functional groups attached to an aromatic ring is 1. The summed E-state index contributed by atoms with van der Waals surface area (Å²) in [6, 6.07) is 1.97. The molecule has 2 rings (SSSR count). The average molecular weight is 247 g/mol. The van der Waals surface area contributed by atoms with Gasteiger partial charge in [-0.1, -0.05) is 0 Å². The van der Waals surface area contributed by atoms with Crippen LogP contribution in [0.4, 0.5) is 5.95 Å². The number of aromatic amines is 1. The molecule has 0 saturated heterocycles. The number of hydrogen-bond donors (Lipinski definition) is 3. The number of aryl methyl sites for hydroxylation is 1. The second kappa shape index (κ2) is 4.89. The number of rotatable bonds is 4. The summed E-state index contributed by atoms with van der Waals surface area (Å²) in [4.78, 5) is 18.2. The summed E-state index contributed by atoms with van der Waals surface area (Å²) in [6.45, 7) is 0.690. The van der Waals surface area contributed by atoms with Crippen molar-refractivity contribution in [2.24, 2.45) is 0 Å². The van der Waals surface area contributed by atoms with Crippen molar-refractivity contribution in [1.29, 1.82) is 5.26 Å². The summed E-state index contributed by atoms with van der Waals surface area (Å²) in [5.74, 6) is 0.0264. The fourth-order valence-corrected chi connectivity index (χ4v) is 1.86. The smallest absolute Gasteiger partial charge is 0.263 e. The quantitative estimate of drug-likeness (QED) is 0.654. The lowest BCUT2D eigenvalue weighted by Crippen LogP contribution is -2.12. The van der Waals surface area contributed by atoms with Gasteiger partial charge in [0.05, 0.1) is 5.56 Å². The van der Waals surface area contributed by atoms with Gasteiger partial charge in [0.2, 0.25) is 5.95 Å². The fourth-order valence-electron chi connectivity index (χ4n) is 1.86. The van der Waals surface area contributed by atoms with Crippen molar-refractivity contribution in [3.05, 3.63) is 22.1 Å². The number of nitrogens with two attached hydrogens (primary N) is 1. The Morgan fingerprint density at radius 3 is 3.00 bits per heavy atom. The van der Waals surface area contributed by atoms with Gasteiger partial charge >= 0.3 is 0 Å². The number of H-pyrrole nitrogens is 1. The maximum absolute atomic E-state index is 11.7. The van der Waals surface area contributed by atoms with Gasteiger partial charge in [-0.25, -0.2) is 0 Å². The second-order valence-electron chi connectivity index (χ2n) is 3.93. The highest BCUT2D eigenvalue weighted by atomic mass is 16.2. The Balaban J connectivity index is 2.54. The Morgan fingerprint density at radius 2 is 2.33 bits per heavy atom. The van der Waals surface area contributed by atoms with E-state index in [9.17, 15) is 4.79 Å². The number of nitriles is 1. The normalized spacial score (nSPS) is 10.7. The number of fused-ring (bicyclic) bond motifs is 1. The van der Waals surface area contributed by atoms with E-state index in [1.165, 1.54) is 0 Å². The summed E-state index contributed by atoms with van der Waals surface area (Å²) in [5, 5.41) is 18.0. The number of aliphatic hydroxyl groups is 1. The van der Waals surface area contributed by atoms with Gasteiger partial charge in [0.1, 0.15) is 11.5 Å². The third-order valence-corrected chi connectivity index (χ3v) is 2.67. The molecule has 18 heavy (non-hydrogen) atoms. The van der Waals surface area contributed by atoms with Crippen molar-refractivity contribution in [3.63, 3.8) is 0 Å². The summed E-state index contributed by atoms with van der Waals surface area (Å²) >= 11 is 0. The minimum absolute atomic E-state index is 0.0264. The van der Waals surface area contributed by atoms with Crippen LogP contribution in [0.5, 0.6) is 0 Å². The predicted octanol–water partition coefficient (Wildman–Crippen LogP) is -0.0490. The molecule has 0 atom stereocenters. The first-order chi connectivity index (χ1) is 8.67. The van der Waals surface area contributed by atoms with Crippen molar-refractivity contribution < 1.29 is 5.11 Å². The van der Waals surface area contributed by atoms with E-state index in [4.69, 9.17) is 16.1 Å². The third kappa shape index (κ3) is 2.06. The number of nitrogens with zero attached hydrogens (tertiary/aromatic N) is 3. The molecule has 94 valence electrons. The number of nitrogens with one attached hydrogen (secondary N) is 1. The monoisotopic (exact) mass is 247 g/mol. The van der Waals surface area contributed by atoms with Gasteiger partial charge in [-0.3, -0.25) is 9.78 Å². The van der Waals surface area contributed by atoms with E-state index in [0.717, 1.165) is 6.42 Å². The lowest BCUT2D eigenvalue weighted by molar-refractivity contribution is 0.281. The Morgan fingerprint density at radius 1 is 1.56 bits per heavy atom. The van der Waals surface area contributed by atoms with Gasteiger partial charge in [0, 0.05) is 19.3 Å². The van der Waals surface area contributed by atoms with Crippen LogP contribution in [0.1, 0.15) is 18.4 Å². The largest absolute Gasteiger partial charge is 0.396 e. The molecule has 7 nitrogen and oxygen atoms in total. The Kier molecular flexibility index (Phi) is 3.30. The summed E-state index contributed by atoms with van der Waals surface area (Å²) in [5.41, 5.74) is 5.78. The maximum atomic E-state index is 11.7. The zero-order valence-electron chi connectivity index (χ0n) is 9.68. The number of anilines is 1. The molecule has 0 amide bonds.